The van der Waals surface area contributed by atoms with Gasteiger partial charge in [0.1, 0.15) is 5.60 Å². The van der Waals surface area contributed by atoms with E-state index in [1.54, 1.807) is 4.90 Å². The van der Waals surface area contributed by atoms with Gasteiger partial charge in [0, 0.05) is 30.0 Å². The van der Waals surface area contributed by atoms with Crippen molar-refractivity contribution in [2.24, 2.45) is 5.92 Å². The first-order chi connectivity index (χ1) is 12.7. The third-order valence-electron chi connectivity index (χ3n) is 6.15. The molecular formula is C18H22BrN5O3. The Kier molecular flexibility index (Phi) is 3.40. The maximum atomic E-state index is 13.2. The van der Waals surface area contributed by atoms with Crippen molar-refractivity contribution in [3.63, 3.8) is 0 Å². The van der Waals surface area contributed by atoms with E-state index in [0.29, 0.717) is 35.4 Å². The van der Waals surface area contributed by atoms with Crippen LogP contribution in [0, 0.1) is 5.92 Å². The van der Waals surface area contributed by atoms with Crippen LogP contribution in [0.5, 0.6) is 0 Å². The van der Waals surface area contributed by atoms with E-state index in [1.807, 2.05) is 20.8 Å². The Bertz CT molecular complexity index is 1010. The van der Waals surface area contributed by atoms with Crippen LogP contribution in [-0.2, 0) is 10.2 Å². The molecule has 0 bridgehead atoms. The molecule has 8 nitrogen and oxygen atoms in total. The van der Waals surface area contributed by atoms with Crippen molar-refractivity contribution in [3.8, 4) is 0 Å². The van der Waals surface area contributed by atoms with E-state index in [2.05, 4.69) is 26.0 Å². The zero-order valence-corrected chi connectivity index (χ0v) is 17.2. The number of halogens is 1. The number of aromatic amines is 1. The number of nitrogens with one attached hydrogen (secondary N) is 1. The van der Waals surface area contributed by atoms with E-state index < -0.39 is 5.60 Å². The lowest BCUT2D eigenvalue weighted by Gasteiger charge is -2.41. The Morgan fingerprint density at radius 3 is 2.67 bits per heavy atom. The van der Waals surface area contributed by atoms with Gasteiger partial charge >= 0.3 is 6.09 Å². The highest BCUT2D eigenvalue weighted by molar-refractivity contribution is 9.10. The third kappa shape index (κ3) is 2.47. The Labute approximate surface area is 164 Å². The standard InChI is InChI=1S/C18H22BrN5O3/c1-17(2,3)27-16(26)23-6-4-18(5-7-23)10-8-9(10)12-11(18)13(25)24-15(20-12)21-14(19)22-24/h9-10H,4-8H2,1-3H3,(H,20,21,22)/t9-,10+/m0/s1. The van der Waals surface area contributed by atoms with E-state index >= 15 is 0 Å². The first kappa shape index (κ1) is 17.2. The van der Waals surface area contributed by atoms with Crippen molar-refractivity contribution in [1.29, 1.82) is 0 Å². The van der Waals surface area contributed by atoms with Crippen molar-refractivity contribution in [3.05, 3.63) is 26.3 Å². The lowest BCUT2D eigenvalue weighted by atomic mass is 9.71. The van der Waals surface area contributed by atoms with E-state index in [-0.39, 0.29) is 17.1 Å². The number of carbonyl (C=O) groups is 1. The van der Waals surface area contributed by atoms with Crippen LogP contribution in [0.15, 0.2) is 9.53 Å². The Balaban J connectivity index is 1.48. The van der Waals surface area contributed by atoms with Gasteiger partial charge in [-0.1, -0.05) is 0 Å². The lowest BCUT2D eigenvalue weighted by Crippen LogP contribution is -2.49. The molecule has 144 valence electrons. The zero-order chi connectivity index (χ0) is 19.1. The molecular weight excluding hydrogens is 414 g/mol. The highest BCUT2D eigenvalue weighted by atomic mass is 79.9. The second kappa shape index (κ2) is 5.33. The molecule has 3 heterocycles. The van der Waals surface area contributed by atoms with Crippen LogP contribution >= 0.6 is 15.9 Å². The molecule has 5 rings (SSSR count). The molecule has 1 amide bonds. The number of ether oxygens (including phenoxy) is 1. The molecule has 0 unspecified atom stereocenters. The van der Waals surface area contributed by atoms with Crippen molar-refractivity contribution in [2.45, 2.75) is 57.0 Å². The van der Waals surface area contributed by atoms with Gasteiger partial charge in [-0.15, -0.1) is 0 Å². The van der Waals surface area contributed by atoms with Gasteiger partial charge in [-0.3, -0.25) is 9.89 Å². The molecule has 1 N–H and O–H groups in total. The quantitative estimate of drug-likeness (QED) is 0.686. The number of hydrogen-bond donors (Lipinski definition) is 1. The summed E-state index contributed by atoms with van der Waals surface area (Å²) in [6.45, 7) is 6.83. The van der Waals surface area contributed by atoms with Crippen molar-refractivity contribution in [2.75, 3.05) is 13.1 Å². The average Bonchev–Trinajstić information content (AvgIpc) is 3.23. The van der Waals surface area contributed by atoms with Crippen LogP contribution in [-0.4, -0.2) is 49.3 Å². The summed E-state index contributed by atoms with van der Waals surface area (Å²) >= 11 is 3.28. The maximum absolute atomic E-state index is 13.2. The zero-order valence-electron chi connectivity index (χ0n) is 15.6. The molecule has 0 radical (unpaired) electrons. The summed E-state index contributed by atoms with van der Waals surface area (Å²) in [4.78, 5) is 36.3. The van der Waals surface area contributed by atoms with Crippen molar-refractivity contribution in [1.82, 2.24) is 24.5 Å². The maximum Gasteiger partial charge on any atom is 0.410 e. The Hall–Kier alpha value is -1.90. The smallest absolute Gasteiger partial charge is 0.410 e. The lowest BCUT2D eigenvalue weighted by molar-refractivity contribution is 0.0153. The van der Waals surface area contributed by atoms with Crippen LogP contribution in [0.1, 0.15) is 57.2 Å². The second-order valence-corrected chi connectivity index (χ2v) is 9.65. The fraction of sp³-hybridized carbons (Fsp3) is 0.667. The van der Waals surface area contributed by atoms with E-state index in [9.17, 15) is 9.59 Å². The van der Waals surface area contributed by atoms with Crippen LogP contribution in [0.25, 0.3) is 5.78 Å². The fourth-order valence-corrected chi connectivity index (χ4v) is 5.31. The van der Waals surface area contributed by atoms with Gasteiger partial charge in [0.05, 0.1) is 5.69 Å². The van der Waals surface area contributed by atoms with Gasteiger partial charge in [0.2, 0.25) is 0 Å². The van der Waals surface area contributed by atoms with Gasteiger partial charge in [-0.25, -0.2) is 9.78 Å². The molecule has 0 aromatic carbocycles. The molecule has 1 saturated carbocycles. The number of rotatable bonds is 0. The monoisotopic (exact) mass is 435 g/mol. The molecule has 2 aromatic heterocycles. The predicted octanol–water partition coefficient (Wildman–Crippen LogP) is 2.57. The largest absolute Gasteiger partial charge is 0.444 e. The fourth-order valence-electron chi connectivity index (χ4n) is 4.97. The van der Waals surface area contributed by atoms with E-state index in [0.717, 1.165) is 30.5 Å². The van der Waals surface area contributed by atoms with E-state index in [1.165, 1.54) is 4.52 Å². The molecule has 2 fully saturated rings. The Morgan fingerprint density at radius 1 is 1.30 bits per heavy atom. The van der Waals surface area contributed by atoms with Gasteiger partial charge in [-0.2, -0.15) is 9.50 Å². The highest BCUT2D eigenvalue weighted by Crippen LogP contribution is 2.67. The second-order valence-electron chi connectivity index (χ2n) is 8.90. The van der Waals surface area contributed by atoms with Gasteiger partial charge < -0.3 is 9.64 Å². The van der Waals surface area contributed by atoms with Gasteiger partial charge in [-0.05, 0) is 61.9 Å². The molecule has 2 aliphatic carbocycles. The molecule has 1 aliphatic heterocycles. The van der Waals surface area contributed by atoms with Crippen LogP contribution in [0.3, 0.4) is 0 Å². The third-order valence-corrected chi connectivity index (χ3v) is 6.51. The number of fused-ring (bicyclic) bond motifs is 6. The van der Waals surface area contributed by atoms with Crippen molar-refractivity contribution < 1.29 is 9.53 Å². The predicted molar refractivity (Wildman–Crippen MR) is 101 cm³/mol. The molecule has 1 spiro atoms. The molecule has 3 aliphatic rings. The SMILES string of the molecule is CC(C)(C)OC(=O)N1CCC2(CC1)c1c(nc3nc(Br)[nH]n3c1=O)[C@H]1C[C@H]12. The molecule has 27 heavy (non-hydrogen) atoms. The van der Waals surface area contributed by atoms with Crippen LogP contribution in [0.4, 0.5) is 4.79 Å². The number of likely N-dealkylation sites (tertiary alicyclic amines) is 1. The van der Waals surface area contributed by atoms with Crippen LogP contribution < -0.4 is 5.56 Å². The molecule has 2 aromatic rings. The number of nitrogens with zero attached hydrogens (tertiary/aromatic N) is 4. The molecule has 9 heteroatoms. The summed E-state index contributed by atoms with van der Waals surface area (Å²) < 4.78 is 7.43. The number of H-pyrrole nitrogens is 1. The highest BCUT2D eigenvalue weighted by Gasteiger charge is 2.64. The minimum absolute atomic E-state index is 0.0499. The molecule has 1 saturated heterocycles. The first-order valence-corrected chi connectivity index (χ1v) is 10.2. The minimum atomic E-state index is -0.504. The van der Waals surface area contributed by atoms with E-state index in [4.69, 9.17) is 9.72 Å². The summed E-state index contributed by atoms with van der Waals surface area (Å²) in [6, 6.07) is 0. The Morgan fingerprint density at radius 2 is 2.00 bits per heavy atom. The summed E-state index contributed by atoms with van der Waals surface area (Å²) in [6.07, 6.45) is 2.36. The molecule has 2 atom stereocenters. The number of piperidine rings is 1. The number of aromatic nitrogens is 4. The van der Waals surface area contributed by atoms with Gasteiger partial charge in [0.15, 0.2) is 4.73 Å². The first-order valence-electron chi connectivity index (χ1n) is 9.36. The normalized spacial score (nSPS) is 25.6. The number of carbonyl (C=O) groups excluding carboxylic acids is 1. The topological polar surface area (TPSA) is 92.6 Å². The summed E-state index contributed by atoms with van der Waals surface area (Å²) in [5.74, 6) is 1.24. The van der Waals surface area contributed by atoms with Crippen LogP contribution in [0.2, 0.25) is 0 Å². The minimum Gasteiger partial charge on any atom is -0.444 e. The summed E-state index contributed by atoms with van der Waals surface area (Å²) in [5.41, 5.74) is 1.03. The summed E-state index contributed by atoms with van der Waals surface area (Å²) in [7, 11) is 0. The summed E-state index contributed by atoms with van der Waals surface area (Å²) in [5, 5.41) is 2.92. The van der Waals surface area contributed by atoms with Gasteiger partial charge in [0.25, 0.3) is 11.3 Å². The number of hydrogen-bond acceptors (Lipinski definition) is 5. The van der Waals surface area contributed by atoms with Crippen molar-refractivity contribution >= 4 is 27.8 Å². The number of amides is 1. The average molecular weight is 436 g/mol.